The molecule has 0 radical (unpaired) electrons. The average molecular weight is 602 g/mol. The van der Waals surface area contributed by atoms with Crippen LogP contribution in [-0.2, 0) is 24.4 Å². The van der Waals surface area contributed by atoms with E-state index in [0.29, 0.717) is 25.3 Å². The van der Waals surface area contributed by atoms with Gasteiger partial charge in [0, 0.05) is 25.6 Å². The third-order valence-electron chi connectivity index (χ3n) is 9.24. The molecule has 1 saturated carbocycles. The minimum absolute atomic E-state index is 0.0414. The number of nitrogens with one attached hydrogen (secondary N) is 2. The van der Waals surface area contributed by atoms with Crippen LogP contribution in [0.5, 0.6) is 5.75 Å². The minimum Gasteiger partial charge on any atom is -0.497 e. The fourth-order valence-electron chi connectivity index (χ4n) is 6.83. The van der Waals surface area contributed by atoms with Gasteiger partial charge in [0.15, 0.2) is 0 Å². The van der Waals surface area contributed by atoms with Crippen LogP contribution in [0.15, 0.2) is 29.2 Å². The zero-order valence-corrected chi connectivity index (χ0v) is 26.3. The van der Waals surface area contributed by atoms with Gasteiger partial charge in [-0.15, -0.1) is 0 Å². The van der Waals surface area contributed by atoms with Crippen molar-refractivity contribution in [1.29, 1.82) is 5.26 Å². The second kappa shape index (κ2) is 11.5. The molecule has 3 fully saturated rings. The maximum Gasteiger partial charge on any atom is 0.244 e. The summed E-state index contributed by atoms with van der Waals surface area (Å²) in [6.45, 7) is 12.2. The van der Waals surface area contributed by atoms with Gasteiger partial charge in [-0.1, -0.05) is 41.5 Å². The first-order valence-corrected chi connectivity index (χ1v) is 16.0. The molecule has 230 valence electrons. The number of ether oxygens (including phenoxy) is 1. The van der Waals surface area contributed by atoms with Crippen LogP contribution >= 0.6 is 0 Å². The molecule has 0 bridgehead atoms. The van der Waals surface area contributed by atoms with Crippen molar-refractivity contribution in [1.82, 2.24) is 19.8 Å². The van der Waals surface area contributed by atoms with Crippen molar-refractivity contribution < 1.29 is 27.5 Å². The summed E-state index contributed by atoms with van der Waals surface area (Å²) in [5.41, 5.74) is -0.982. The Kier molecular flexibility index (Phi) is 8.69. The first kappa shape index (κ1) is 31.8. The van der Waals surface area contributed by atoms with E-state index in [9.17, 15) is 28.1 Å². The van der Waals surface area contributed by atoms with Gasteiger partial charge in [0.25, 0.3) is 0 Å². The van der Waals surface area contributed by atoms with E-state index in [0.717, 1.165) is 0 Å². The van der Waals surface area contributed by atoms with Crippen molar-refractivity contribution in [2.75, 3.05) is 26.7 Å². The maximum absolute atomic E-state index is 14.4. The van der Waals surface area contributed by atoms with Gasteiger partial charge in [-0.05, 0) is 59.8 Å². The maximum atomic E-state index is 14.4. The molecule has 2 heterocycles. The van der Waals surface area contributed by atoms with Crippen LogP contribution in [0, 0.1) is 39.9 Å². The second-order valence-electron chi connectivity index (χ2n) is 13.2. The third kappa shape index (κ3) is 5.73. The molecule has 2 aliphatic heterocycles. The molecule has 0 spiro atoms. The highest BCUT2D eigenvalue weighted by Crippen LogP contribution is 2.65. The fraction of sp³-hybridized carbons (Fsp3) is 0.667. The number of amides is 3. The van der Waals surface area contributed by atoms with Crippen LogP contribution in [0.25, 0.3) is 0 Å². The number of hydrogen-bond donors (Lipinski definition) is 2. The minimum atomic E-state index is -4.09. The summed E-state index contributed by atoms with van der Waals surface area (Å²) in [7, 11) is -2.59. The quantitative estimate of drug-likeness (QED) is 0.417. The Hall–Kier alpha value is -3.17. The zero-order chi connectivity index (χ0) is 31.2. The van der Waals surface area contributed by atoms with Gasteiger partial charge in [-0.3, -0.25) is 14.4 Å². The predicted octanol–water partition coefficient (Wildman–Crippen LogP) is 2.14. The van der Waals surface area contributed by atoms with Crippen LogP contribution in [0.1, 0.15) is 54.4 Å². The van der Waals surface area contributed by atoms with E-state index < -0.39 is 45.4 Å². The number of nitriles is 1. The molecule has 6 atom stereocenters. The van der Waals surface area contributed by atoms with E-state index in [1.807, 2.05) is 20.8 Å². The molecular weight excluding hydrogens is 558 g/mol. The first-order chi connectivity index (χ1) is 19.6. The van der Waals surface area contributed by atoms with Gasteiger partial charge in [0.05, 0.1) is 18.1 Å². The van der Waals surface area contributed by atoms with Gasteiger partial charge in [0.2, 0.25) is 27.7 Å². The van der Waals surface area contributed by atoms with Gasteiger partial charge in [-0.2, -0.15) is 9.57 Å². The molecule has 2 N–H and O–H groups in total. The van der Waals surface area contributed by atoms with E-state index >= 15 is 0 Å². The summed E-state index contributed by atoms with van der Waals surface area (Å²) in [5, 5.41) is 15.3. The van der Waals surface area contributed by atoms with Crippen molar-refractivity contribution in [3.8, 4) is 11.8 Å². The van der Waals surface area contributed by atoms with E-state index in [-0.39, 0.29) is 46.9 Å². The summed E-state index contributed by atoms with van der Waals surface area (Å²) >= 11 is 0. The Bertz CT molecular complexity index is 1360. The van der Waals surface area contributed by atoms with Crippen molar-refractivity contribution in [2.24, 2.45) is 28.6 Å². The molecular formula is C30H43N5O6S. The highest BCUT2D eigenvalue weighted by atomic mass is 32.2. The highest BCUT2D eigenvalue weighted by Gasteiger charge is 2.70. The molecule has 11 nitrogen and oxygen atoms in total. The molecule has 1 aliphatic carbocycles. The Morgan fingerprint density at radius 2 is 1.90 bits per heavy atom. The number of likely N-dealkylation sites (N-methyl/N-ethyl adjacent to an activating group) is 1. The first-order valence-electron chi connectivity index (χ1n) is 14.5. The zero-order valence-electron chi connectivity index (χ0n) is 25.5. The van der Waals surface area contributed by atoms with Crippen LogP contribution in [0.2, 0.25) is 0 Å². The Morgan fingerprint density at radius 3 is 2.40 bits per heavy atom. The van der Waals surface area contributed by atoms with Crippen LogP contribution in [0.3, 0.4) is 0 Å². The number of carbonyl (C=O) groups is 3. The molecule has 4 rings (SSSR count). The molecule has 12 heteroatoms. The van der Waals surface area contributed by atoms with Gasteiger partial charge in [0.1, 0.15) is 23.9 Å². The monoisotopic (exact) mass is 601 g/mol. The Morgan fingerprint density at radius 1 is 1.26 bits per heavy atom. The predicted molar refractivity (Wildman–Crippen MR) is 155 cm³/mol. The Labute approximate surface area is 249 Å². The molecule has 42 heavy (non-hydrogen) atoms. The summed E-state index contributed by atoms with van der Waals surface area (Å²) in [4.78, 5) is 41.9. The average Bonchev–Trinajstić information content (AvgIpc) is 3.27. The Balaban J connectivity index is 1.63. The molecule has 1 aromatic rings. The molecule has 3 aliphatic rings. The summed E-state index contributed by atoms with van der Waals surface area (Å²) in [5.74, 6) is -0.897. The number of carbonyl (C=O) groups excluding carboxylic acids is 3. The molecule has 2 unspecified atom stereocenters. The number of piperidine rings is 1. The van der Waals surface area contributed by atoms with Gasteiger partial charge < -0.3 is 20.3 Å². The van der Waals surface area contributed by atoms with E-state index in [1.54, 1.807) is 19.1 Å². The molecule has 1 aromatic carbocycles. The van der Waals surface area contributed by atoms with Crippen LogP contribution in [-0.4, -0.2) is 80.2 Å². The van der Waals surface area contributed by atoms with Crippen molar-refractivity contribution in [2.45, 2.75) is 77.4 Å². The van der Waals surface area contributed by atoms with E-state index in [1.165, 1.54) is 28.4 Å². The number of rotatable bonds is 10. The number of nitrogens with zero attached hydrogens (tertiary/aromatic N) is 3. The van der Waals surface area contributed by atoms with Crippen molar-refractivity contribution in [3.63, 3.8) is 0 Å². The number of sulfonamides is 1. The summed E-state index contributed by atoms with van der Waals surface area (Å²) in [6, 6.07) is 5.32. The van der Waals surface area contributed by atoms with Crippen molar-refractivity contribution in [3.05, 3.63) is 24.3 Å². The summed E-state index contributed by atoms with van der Waals surface area (Å²) in [6.07, 6.45) is 0.794. The standard InChI is InChI=1S/C30H43N5O6S/c1-8-35(42(39,40)21-11-9-20(41-7)10-12-21)25(29(2,3)4)28(38)34-17-22-23(30(22,5)6)24(34)27(37)33-19(16-31)15-18-13-14-32-26(18)36/h9-12,18-19,22-25H,8,13-15,17H2,1-7H3,(H,32,36)(H,33,37)/t18-,19-,22-,23?,24-,25?/m0/s1. The molecule has 0 aromatic heterocycles. The fourth-order valence-corrected chi connectivity index (χ4v) is 8.60. The van der Waals surface area contributed by atoms with E-state index in [2.05, 4.69) is 30.6 Å². The lowest BCUT2D eigenvalue weighted by molar-refractivity contribution is -0.146. The number of hydrogen-bond acceptors (Lipinski definition) is 7. The number of methoxy groups -OCH3 is 1. The largest absolute Gasteiger partial charge is 0.497 e. The lowest BCUT2D eigenvalue weighted by atomic mass is 9.85. The molecule has 2 saturated heterocycles. The summed E-state index contributed by atoms with van der Waals surface area (Å²) < 4.78 is 34.2. The highest BCUT2D eigenvalue weighted by molar-refractivity contribution is 7.89. The van der Waals surface area contributed by atoms with Crippen LogP contribution in [0.4, 0.5) is 0 Å². The number of fused-ring (bicyclic) bond motifs is 1. The van der Waals surface area contributed by atoms with Gasteiger partial charge in [-0.25, -0.2) is 8.42 Å². The SMILES string of the molecule is CCN(C(C(=O)N1C[C@H]2C([C@H]1C(=O)N[C@H](C#N)C[C@@H]1CCNC1=O)C2(C)C)C(C)(C)C)S(=O)(=O)c1ccc(OC)cc1. The second-order valence-corrected chi connectivity index (χ2v) is 15.1. The topological polar surface area (TPSA) is 149 Å². The number of likely N-dealkylation sites (tertiary alicyclic amines) is 1. The number of benzene rings is 1. The lowest BCUT2D eigenvalue weighted by Gasteiger charge is -2.42. The smallest absolute Gasteiger partial charge is 0.244 e. The molecule has 3 amide bonds. The third-order valence-corrected chi connectivity index (χ3v) is 11.2. The normalized spacial score (nSPS) is 26.2. The lowest BCUT2D eigenvalue weighted by Crippen LogP contribution is -2.60. The van der Waals surface area contributed by atoms with Gasteiger partial charge >= 0.3 is 0 Å². The van der Waals surface area contributed by atoms with Crippen LogP contribution < -0.4 is 15.4 Å². The van der Waals surface area contributed by atoms with E-state index in [4.69, 9.17) is 4.74 Å². The van der Waals surface area contributed by atoms with Crippen molar-refractivity contribution >= 4 is 27.7 Å².